The zero-order chi connectivity index (χ0) is 13.8. The minimum Gasteiger partial charge on any atom is -0.393 e. The number of hydrogen-bond donors (Lipinski definition) is 1. The fourth-order valence-corrected chi connectivity index (χ4v) is 5.44. The van der Waals surface area contributed by atoms with Crippen LogP contribution < -0.4 is 0 Å². The second kappa shape index (κ2) is 4.44. The maximum atomic E-state index is 11.9. The van der Waals surface area contributed by atoms with E-state index < -0.39 is 0 Å². The summed E-state index contributed by atoms with van der Waals surface area (Å²) in [4.78, 5) is 11.9. The van der Waals surface area contributed by atoms with Gasteiger partial charge in [0.2, 0.25) is 0 Å². The Morgan fingerprint density at radius 1 is 1.26 bits per heavy atom. The highest BCUT2D eigenvalue weighted by atomic mass is 16.3. The van der Waals surface area contributed by atoms with Crippen molar-refractivity contribution in [1.82, 2.24) is 0 Å². The van der Waals surface area contributed by atoms with Crippen molar-refractivity contribution in [2.75, 3.05) is 0 Å². The number of Topliss-reactive ketones (excluding diaryl/α,β-unsaturated/α-hetero) is 1. The van der Waals surface area contributed by atoms with Crippen LogP contribution in [0.25, 0.3) is 0 Å². The molecule has 19 heavy (non-hydrogen) atoms. The molecule has 2 nitrogen and oxygen atoms in total. The molecule has 2 fully saturated rings. The third-order valence-corrected chi connectivity index (χ3v) is 6.51. The fraction of sp³-hybridized carbons (Fsp3) is 0.824. The largest absolute Gasteiger partial charge is 0.393 e. The summed E-state index contributed by atoms with van der Waals surface area (Å²) in [7, 11) is 0. The van der Waals surface area contributed by atoms with Gasteiger partial charge in [-0.25, -0.2) is 0 Å². The van der Waals surface area contributed by atoms with E-state index in [0.29, 0.717) is 29.0 Å². The molecular weight excluding hydrogens is 236 g/mol. The molecule has 106 valence electrons. The quantitative estimate of drug-likeness (QED) is 0.785. The van der Waals surface area contributed by atoms with Crippen LogP contribution in [0, 0.1) is 23.2 Å². The van der Waals surface area contributed by atoms with Gasteiger partial charge in [-0.05, 0) is 74.7 Å². The van der Waals surface area contributed by atoms with E-state index in [0.717, 1.165) is 37.7 Å². The summed E-state index contributed by atoms with van der Waals surface area (Å²) in [6, 6.07) is 0. The van der Waals surface area contributed by atoms with Crippen LogP contribution in [0.1, 0.15) is 59.3 Å². The van der Waals surface area contributed by atoms with Crippen LogP contribution in [0.2, 0.25) is 0 Å². The van der Waals surface area contributed by atoms with Crippen molar-refractivity contribution >= 4 is 5.78 Å². The maximum Gasteiger partial charge on any atom is 0.158 e. The van der Waals surface area contributed by atoms with Gasteiger partial charge < -0.3 is 5.11 Å². The third-order valence-electron chi connectivity index (χ3n) is 6.51. The zero-order valence-corrected chi connectivity index (χ0v) is 12.4. The minimum atomic E-state index is -0.188. The van der Waals surface area contributed by atoms with E-state index >= 15 is 0 Å². The average Bonchev–Trinajstić information content (AvgIpc) is 2.71. The Balaban J connectivity index is 1.95. The summed E-state index contributed by atoms with van der Waals surface area (Å²) in [5.41, 5.74) is 2.83. The molecule has 0 bridgehead atoms. The molecule has 2 saturated carbocycles. The van der Waals surface area contributed by atoms with Gasteiger partial charge in [-0.3, -0.25) is 4.79 Å². The molecule has 0 amide bonds. The molecular formula is C17H26O2. The number of carbonyl (C=O) groups excluding carboxylic acids is 1. The Morgan fingerprint density at radius 2 is 2.00 bits per heavy atom. The summed E-state index contributed by atoms with van der Waals surface area (Å²) < 4.78 is 0. The van der Waals surface area contributed by atoms with Gasteiger partial charge in [0, 0.05) is 6.42 Å². The molecule has 5 atom stereocenters. The van der Waals surface area contributed by atoms with E-state index in [1.54, 1.807) is 0 Å². The number of ketones is 1. The van der Waals surface area contributed by atoms with Crippen LogP contribution in [0.15, 0.2) is 11.1 Å². The molecule has 3 aliphatic carbocycles. The molecule has 0 saturated heterocycles. The molecule has 1 N–H and O–H groups in total. The maximum absolute atomic E-state index is 11.9. The number of aliphatic hydroxyl groups excluding tert-OH is 1. The van der Waals surface area contributed by atoms with Crippen LogP contribution in [-0.4, -0.2) is 17.0 Å². The number of allylic oxidation sites excluding steroid dienone is 2. The van der Waals surface area contributed by atoms with Crippen LogP contribution in [-0.2, 0) is 4.79 Å². The molecule has 0 radical (unpaired) electrons. The van der Waals surface area contributed by atoms with E-state index in [1.807, 2.05) is 13.8 Å². The second-order valence-corrected chi connectivity index (χ2v) is 7.26. The van der Waals surface area contributed by atoms with Crippen LogP contribution in [0.4, 0.5) is 0 Å². The van der Waals surface area contributed by atoms with Gasteiger partial charge in [0.1, 0.15) is 0 Å². The molecule has 0 aromatic heterocycles. The lowest BCUT2D eigenvalue weighted by atomic mass is 9.56. The first-order valence-electron chi connectivity index (χ1n) is 7.86. The highest BCUT2D eigenvalue weighted by Crippen LogP contribution is 2.61. The highest BCUT2D eigenvalue weighted by molar-refractivity contribution is 5.96. The van der Waals surface area contributed by atoms with Gasteiger partial charge in [-0.2, -0.15) is 0 Å². The van der Waals surface area contributed by atoms with E-state index in [4.69, 9.17) is 0 Å². The van der Waals surface area contributed by atoms with Gasteiger partial charge >= 0.3 is 0 Å². The first-order chi connectivity index (χ1) is 8.95. The van der Waals surface area contributed by atoms with Gasteiger partial charge in [-0.15, -0.1) is 0 Å². The Kier molecular flexibility index (Phi) is 3.12. The number of hydrogen-bond acceptors (Lipinski definition) is 2. The average molecular weight is 262 g/mol. The van der Waals surface area contributed by atoms with Crippen LogP contribution in [0.3, 0.4) is 0 Å². The Morgan fingerprint density at radius 3 is 2.68 bits per heavy atom. The highest BCUT2D eigenvalue weighted by Gasteiger charge is 2.54. The van der Waals surface area contributed by atoms with Crippen molar-refractivity contribution in [3.05, 3.63) is 11.1 Å². The predicted octanol–water partition coefficient (Wildman–Crippen LogP) is 3.49. The van der Waals surface area contributed by atoms with Crippen molar-refractivity contribution in [2.45, 2.75) is 65.4 Å². The minimum absolute atomic E-state index is 0.188. The topological polar surface area (TPSA) is 37.3 Å². The molecule has 0 aliphatic heterocycles. The van der Waals surface area contributed by atoms with E-state index in [-0.39, 0.29) is 6.10 Å². The van der Waals surface area contributed by atoms with Gasteiger partial charge in [0.15, 0.2) is 5.78 Å². The van der Waals surface area contributed by atoms with E-state index in [9.17, 15) is 9.90 Å². The summed E-state index contributed by atoms with van der Waals surface area (Å²) in [6.07, 6.45) is 6.25. The summed E-state index contributed by atoms with van der Waals surface area (Å²) in [5.74, 6) is 2.15. The monoisotopic (exact) mass is 262 g/mol. The third kappa shape index (κ3) is 1.83. The second-order valence-electron chi connectivity index (χ2n) is 7.26. The molecule has 3 rings (SSSR count). The van der Waals surface area contributed by atoms with Crippen molar-refractivity contribution in [3.63, 3.8) is 0 Å². The van der Waals surface area contributed by atoms with E-state index in [1.165, 1.54) is 12.0 Å². The van der Waals surface area contributed by atoms with Crippen molar-refractivity contribution in [3.8, 4) is 0 Å². The number of rotatable bonds is 1. The molecule has 0 aromatic carbocycles. The van der Waals surface area contributed by atoms with Crippen LogP contribution >= 0.6 is 0 Å². The molecule has 0 spiro atoms. The Bertz CT molecular complexity index is 435. The Labute approximate surface area is 116 Å². The van der Waals surface area contributed by atoms with E-state index in [2.05, 4.69) is 6.92 Å². The lowest BCUT2D eigenvalue weighted by Gasteiger charge is -2.48. The summed E-state index contributed by atoms with van der Waals surface area (Å²) >= 11 is 0. The first kappa shape index (κ1) is 13.4. The molecule has 2 unspecified atom stereocenters. The summed E-state index contributed by atoms with van der Waals surface area (Å²) in [6.45, 7) is 6.39. The van der Waals surface area contributed by atoms with Gasteiger partial charge in [0.25, 0.3) is 0 Å². The summed E-state index contributed by atoms with van der Waals surface area (Å²) in [5, 5.41) is 10.1. The Hall–Kier alpha value is -0.630. The number of aliphatic hydroxyl groups is 1. The normalized spacial score (nSPS) is 44.0. The first-order valence-corrected chi connectivity index (χ1v) is 7.86. The van der Waals surface area contributed by atoms with Crippen molar-refractivity contribution in [1.29, 1.82) is 0 Å². The standard InChI is InChI=1S/C17H26O2/c1-10-12-8-9-17(3)14(11(2)18)5-6-15(17)13(12)4-7-16(10)19/h11,13-15,18H,4-9H2,1-3H3/t11?,13?,14-,15+,17-/m1/s1. The van der Waals surface area contributed by atoms with Gasteiger partial charge in [-0.1, -0.05) is 12.5 Å². The van der Waals surface area contributed by atoms with Crippen molar-refractivity contribution < 1.29 is 9.90 Å². The predicted molar refractivity (Wildman–Crippen MR) is 75.7 cm³/mol. The lowest BCUT2D eigenvalue weighted by molar-refractivity contribution is -0.117. The molecule has 0 heterocycles. The number of carbonyl (C=O) groups is 1. The fourth-order valence-electron chi connectivity index (χ4n) is 5.44. The van der Waals surface area contributed by atoms with Gasteiger partial charge in [0.05, 0.1) is 6.10 Å². The van der Waals surface area contributed by atoms with Crippen LogP contribution in [0.5, 0.6) is 0 Å². The number of fused-ring (bicyclic) bond motifs is 3. The lowest BCUT2D eigenvalue weighted by Crippen LogP contribution is -2.42. The molecule has 0 aromatic rings. The zero-order valence-electron chi connectivity index (χ0n) is 12.4. The van der Waals surface area contributed by atoms with Crippen molar-refractivity contribution in [2.24, 2.45) is 23.2 Å². The SMILES string of the molecule is CC1=C2CC[C@]3(C)[C@@H](C(C)O)CC[C@H]3C2CCC1=O. The molecule has 2 heteroatoms. The smallest absolute Gasteiger partial charge is 0.158 e. The molecule has 3 aliphatic rings.